The van der Waals surface area contributed by atoms with Crippen molar-refractivity contribution < 1.29 is 9.59 Å². The van der Waals surface area contributed by atoms with E-state index in [1.165, 1.54) is 11.8 Å². The molecule has 2 amide bonds. The van der Waals surface area contributed by atoms with E-state index in [9.17, 15) is 9.59 Å². The van der Waals surface area contributed by atoms with Crippen molar-refractivity contribution in [1.29, 1.82) is 0 Å². The molecule has 0 atom stereocenters. The molecule has 0 radical (unpaired) electrons. The molecule has 136 valence electrons. The Bertz CT molecular complexity index is 626. The summed E-state index contributed by atoms with van der Waals surface area (Å²) in [5.74, 6) is 0.124. The highest BCUT2D eigenvalue weighted by atomic mass is 32.2. The molecule has 1 aromatic rings. The Morgan fingerprint density at radius 3 is 2.88 bits per heavy atom. The predicted octanol–water partition coefficient (Wildman–Crippen LogP) is 4.43. The maximum atomic E-state index is 12.5. The number of hydrogen-bond donors (Lipinski definition) is 1. The van der Waals surface area contributed by atoms with Crippen LogP contribution in [0.5, 0.6) is 0 Å². The van der Waals surface area contributed by atoms with Crippen LogP contribution in [0.25, 0.3) is 6.08 Å². The minimum absolute atomic E-state index is 0.000656. The van der Waals surface area contributed by atoms with Crippen molar-refractivity contribution in [3.63, 3.8) is 0 Å². The predicted molar refractivity (Wildman–Crippen MR) is 111 cm³/mol. The number of hydrogen-bond acceptors (Lipinski definition) is 5. The van der Waals surface area contributed by atoms with Gasteiger partial charge in [-0.15, -0.1) is 11.3 Å². The van der Waals surface area contributed by atoms with Gasteiger partial charge in [-0.3, -0.25) is 14.5 Å². The molecule has 0 bridgehead atoms. The first-order valence-electron chi connectivity index (χ1n) is 8.67. The zero-order chi connectivity index (χ0) is 18.1. The van der Waals surface area contributed by atoms with Gasteiger partial charge in [-0.2, -0.15) is 0 Å². The third-order valence-corrected chi connectivity index (χ3v) is 6.03. The maximum absolute atomic E-state index is 12.5. The molecule has 1 fully saturated rings. The van der Waals surface area contributed by atoms with Crippen LogP contribution in [0.2, 0.25) is 0 Å². The number of thiophene rings is 1. The molecule has 25 heavy (non-hydrogen) atoms. The Balaban J connectivity index is 1.68. The van der Waals surface area contributed by atoms with Gasteiger partial charge in [0.2, 0.25) is 5.91 Å². The highest BCUT2D eigenvalue weighted by Crippen LogP contribution is 2.33. The topological polar surface area (TPSA) is 49.4 Å². The van der Waals surface area contributed by atoms with E-state index in [2.05, 4.69) is 12.2 Å². The fourth-order valence-corrected chi connectivity index (χ4v) is 4.45. The Morgan fingerprint density at radius 1 is 1.32 bits per heavy atom. The zero-order valence-electron chi connectivity index (χ0n) is 14.5. The van der Waals surface area contributed by atoms with Crippen molar-refractivity contribution in [2.45, 2.75) is 45.4 Å². The summed E-state index contributed by atoms with van der Waals surface area (Å²) in [7, 11) is 0. The summed E-state index contributed by atoms with van der Waals surface area (Å²) < 4.78 is 0.630. The van der Waals surface area contributed by atoms with Crippen molar-refractivity contribution in [3.8, 4) is 0 Å². The second-order valence-electron chi connectivity index (χ2n) is 5.86. The van der Waals surface area contributed by atoms with E-state index in [0.717, 1.165) is 43.5 Å². The van der Waals surface area contributed by atoms with Gasteiger partial charge in [-0.25, -0.2) is 0 Å². The molecule has 0 saturated carbocycles. The molecule has 1 saturated heterocycles. The van der Waals surface area contributed by atoms with E-state index in [1.807, 2.05) is 23.6 Å². The molecule has 1 N–H and O–H groups in total. The Kier molecular flexibility index (Phi) is 8.64. The molecule has 4 nitrogen and oxygen atoms in total. The number of thiocarbonyl (C=S) groups is 1. The van der Waals surface area contributed by atoms with Crippen molar-refractivity contribution >= 4 is 57.5 Å². The monoisotopic (exact) mass is 396 g/mol. The average molecular weight is 397 g/mol. The highest BCUT2D eigenvalue weighted by molar-refractivity contribution is 8.26. The van der Waals surface area contributed by atoms with Gasteiger partial charge in [0.25, 0.3) is 5.91 Å². The summed E-state index contributed by atoms with van der Waals surface area (Å²) in [5, 5.41) is 4.91. The van der Waals surface area contributed by atoms with Crippen LogP contribution in [-0.2, 0) is 9.59 Å². The number of carbonyl (C=O) groups excluding carboxylic acids is 2. The lowest BCUT2D eigenvalue weighted by Crippen LogP contribution is -2.29. The summed E-state index contributed by atoms with van der Waals surface area (Å²) >= 11 is 8.31. The van der Waals surface area contributed by atoms with E-state index in [4.69, 9.17) is 12.2 Å². The third-order valence-electron chi connectivity index (χ3n) is 3.83. The van der Waals surface area contributed by atoms with Crippen LogP contribution in [0.15, 0.2) is 22.4 Å². The molecular formula is C18H24N2O2S3. The van der Waals surface area contributed by atoms with E-state index in [0.29, 0.717) is 22.2 Å². The fraction of sp³-hybridized carbons (Fsp3) is 0.500. The second kappa shape index (κ2) is 10.7. The zero-order valence-corrected chi connectivity index (χ0v) is 16.9. The molecule has 1 aliphatic heterocycles. The first-order chi connectivity index (χ1) is 12.1. The van der Waals surface area contributed by atoms with E-state index in [1.54, 1.807) is 16.2 Å². The lowest BCUT2D eigenvalue weighted by Gasteiger charge is -2.14. The molecule has 0 unspecified atom stereocenters. The number of nitrogens with one attached hydrogen (secondary N) is 1. The van der Waals surface area contributed by atoms with Crippen molar-refractivity contribution in [2.75, 3.05) is 13.1 Å². The van der Waals surface area contributed by atoms with Gasteiger partial charge < -0.3 is 5.32 Å². The summed E-state index contributed by atoms with van der Waals surface area (Å²) in [6.45, 7) is 3.50. The molecule has 1 aromatic heterocycles. The van der Waals surface area contributed by atoms with Crippen molar-refractivity contribution in [2.24, 2.45) is 0 Å². The summed E-state index contributed by atoms with van der Waals surface area (Å²) in [5.41, 5.74) is 0. The summed E-state index contributed by atoms with van der Waals surface area (Å²) in [6, 6.07) is 3.96. The highest BCUT2D eigenvalue weighted by Gasteiger charge is 2.31. The fourth-order valence-electron chi connectivity index (χ4n) is 2.42. The lowest BCUT2D eigenvalue weighted by atomic mass is 10.2. The summed E-state index contributed by atoms with van der Waals surface area (Å²) in [4.78, 5) is 27.5. The van der Waals surface area contributed by atoms with Gasteiger partial charge in [0.15, 0.2) is 0 Å². The molecule has 1 aliphatic rings. The second-order valence-corrected chi connectivity index (χ2v) is 8.52. The standard InChI is InChI=1S/C18H24N2O2S3/c1-2-3-10-19-16(21)9-5-4-6-11-20-17(22)15(25-18(20)23)13-14-8-7-12-24-14/h7-8,12-13H,2-6,9-11H2,1H3,(H,19,21)/b15-13+. The number of rotatable bonds is 10. The van der Waals surface area contributed by atoms with Crippen LogP contribution >= 0.6 is 35.3 Å². The molecule has 0 aromatic carbocycles. The van der Waals surface area contributed by atoms with Crippen LogP contribution in [0.4, 0.5) is 0 Å². The smallest absolute Gasteiger partial charge is 0.266 e. The molecule has 2 rings (SSSR count). The number of thioether (sulfide) groups is 1. The van der Waals surface area contributed by atoms with Gasteiger partial charge in [0.05, 0.1) is 4.91 Å². The van der Waals surface area contributed by atoms with Gasteiger partial charge in [0.1, 0.15) is 4.32 Å². The van der Waals surface area contributed by atoms with Crippen molar-refractivity contribution in [3.05, 3.63) is 27.3 Å². The Morgan fingerprint density at radius 2 is 2.16 bits per heavy atom. The van der Waals surface area contributed by atoms with Crippen LogP contribution in [-0.4, -0.2) is 34.1 Å². The number of amides is 2. The summed E-state index contributed by atoms with van der Waals surface area (Å²) in [6.07, 6.45) is 7.20. The lowest BCUT2D eigenvalue weighted by molar-refractivity contribution is -0.122. The van der Waals surface area contributed by atoms with Gasteiger partial charge in [-0.1, -0.05) is 49.8 Å². The Labute approximate surface area is 163 Å². The quantitative estimate of drug-likeness (QED) is 0.361. The van der Waals surface area contributed by atoms with Crippen molar-refractivity contribution in [1.82, 2.24) is 10.2 Å². The third kappa shape index (κ3) is 6.56. The van der Waals surface area contributed by atoms with Gasteiger partial charge >= 0.3 is 0 Å². The Hall–Kier alpha value is -1.18. The first-order valence-corrected chi connectivity index (χ1v) is 10.8. The van der Waals surface area contributed by atoms with Gasteiger partial charge in [0, 0.05) is 24.4 Å². The number of unbranched alkanes of at least 4 members (excludes halogenated alkanes) is 3. The minimum atomic E-state index is 0.000656. The van der Waals surface area contributed by atoms with Crippen LogP contribution < -0.4 is 5.32 Å². The largest absolute Gasteiger partial charge is 0.356 e. The number of carbonyl (C=O) groups is 2. The van der Waals surface area contributed by atoms with Gasteiger partial charge in [-0.05, 0) is 36.8 Å². The molecule has 7 heteroatoms. The molecule has 0 spiro atoms. The SMILES string of the molecule is CCCCNC(=O)CCCCCN1C(=O)/C(=C\c2cccs2)SC1=S. The maximum Gasteiger partial charge on any atom is 0.266 e. The molecular weight excluding hydrogens is 372 g/mol. The molecule has 0 aliphatic carbocycles. The first kappa shape index (κ1) is 20.1. The normalized spacial score (nSPS) is 16.0. The average Bonchev–Trinajstić information content (AvgIpc) is 3.18. The van der Waals surface area contributed by atoms with Crippen LogP contribution in [0.3, 0.4) is 0 Å². The molecule has 2 heterocycles. The van der Waals surface area contributed by atoms with E-state index >= 15 is 0 Å². The number of nitrogens with zero attached hydrogens (tertiary/aromatic N) is 1. The van der Waals surface area contributed by atoms with E-state index < -0.39 is 0 Å². The van der Waals surface area contributed by atoms with Crippen LogP contribution in [0, 0.1) is 0 Å². The minimum Gasteiger partial charge on any atom is -0.356 e. The van der Waals surface area contributed by atoms with E-state index in [-0.39, 0.29) is 11.8 Å². The van der Waals surface area contributed by atoms with Crippen LogP contribution in [0.1, 0.15) is 50.3 Å².